The predicted octanol–water partition coefficient (Wildman–Crippen LogP) is 2.71. The van der Waals surface area contributed by atoms with Crippen molar-refractivity contribution in [2.45, 2.75) is 25.8 Å². The average Bonchev–Trinajstić information content (AvgIpc) is 2.73. The smallest absolute Gasteiger partial charge is 0.248 e. The van der Waals surface area contributed by atoms with E-state index >= 15 is 0 Å². The van der Waals surface area contributed by atoms with Gasteiger partial charge in [-0.3, -0.25) is 19.3 Å². The Morgan fingerprint density at radius 1 is 0.964 bits per heavy atom. The van der Waals surface area contributed by atoms with Crippen LogP contribution in [-0.4, -0.2) is 41.6 Å². The molecule has 1 aliphatic heterocycles. The van der Waals surface area contributed by atoms with E-state index in [2.05, 4.69) is 10.2 Å². The van der Waals surface area contributed by atoms with Gasteiger partial charge in [0.05, 0.1) is 6.04 Å². The number of nitrogens with one attached hydrogen (secondary N) is 1. The molecule has 1 fully saturated rings. The summed E-state index contributed by atoms with van der Waals surface area (Å²) >= 11 is 0. The molecule has 28 heavy (non-hydrogen) atoms. The number of rotatable bonds is 6. The molecule has 2 aromatic carbocycles. The Labute approximate surface area is 164 Å². The normalized spacial score (nSPS) is 16.3. The quantitative estimate of drug-likeness (QED) is 0.755. The largest absolute Gasteiger partial charge is 0.366 e. The summed E-state index contributed by atoms with van der Waals surface area (Å²) in [6, 6.07) is 15.6. The van der Waals surface area contributed by atoms with Gasteiger partial charge in [0, 0.05) is 22.7 Å². The lowest BCUT2D eigenvalue weighted by Crippen LogP contribution is -2.47. The highest BCUT2D eigenvalue weighted by atomic mass is 16.2. The van der Waals surface area contributed by atoms with Gasteiger partial charge in [-0.1, -0.05) is 30.3 Å². The van der Waals surface area contributed by atoms with E-state index in [9.17, 15) is 14.4 Å². The first-order chi connectivity index (χ1) is 13.5. The molecule has 0 aromatic heterocycles. The van der Waals surface area contributed by atoms with E-state index in [0.717, 1.165) is 18.4 Å². The number of ketones is 1. The minimum absolute atomic E-state index is 0.00950. The van der Waals surface area contributed by atoms with Crippen molar-refractivity contribution in [2.24, 2.45) is 11.7 Å². The molecule has 6 nitrogen and oxygen atoms in total. The first-order valence-corrected chi connectivity index (χ1v) is 9.49. The van der Waals surface area contributed by atoms with Gasteiger partial charge in [-0.2, -0.15) is 0 Å². The third kappa shape index (κ3) is 4.64. The highest BCUT2D eigenvalue weighted by molar-refractivity contribution is 5.98. The fourth-order valence-corrected chi connectivity index (χ4v) is 3.52. The van der Waals surface area contributed by atoms with Gasteiger partial charge < -0.3 is 11.1 Å². The lowest BCUT2D eigenvalue weighted by atomic mass is 9.88. The van der Waals surface area contributed by atoms with Gasteiger partial charge in [-0.25, -0.2) is 0 Å². The van der Waals surface area contributed by atoms with Crippen molar-refractivity contribution >= 4 is 23.3 Å². The van der Waals surface area contributed by atoms with Crippen LogP contribution in [0.15, 0.2) is 54.6 Å². The molecular weight excluding hydrogens is 354 g/mol. The topological polar surface area (TPSA) is 92.5 Å². The Bertz CT molecular complexity index is 841. The van der Waals surface area contributed by atoms with Gasteiger partial charge >= 0.3 is 0 Å². The molecule has 0 aliphatic carbocycles. The van der Waals surface area contributed by atoms with Gasteiger partial charge in [0.15, 0.2) is 5.78 Å². The number of carbonyl (C=O) groups excluding carboxylic acids is 3. The standard InChI is InChI=1S/C22H25N3O3/c1-15(22(28)24-19-9-7-18(8-10-19)21(23)27)25-13-11-17(12-14-25)20(26)16-5-3-2-4-6-16/h2-10,15,17H,11-14H2,1H3,(H2,23,27)(H,24,28). The van der Waals surface area contributed by atoms with Crippen molar-refractivity contribution < 1.29 is 14.4 Å². The number of hydrogen-bond acceptors (Lipinski definition) is 4. The van der Waals surface area contributed by atoms with Crippen LogP contribution < -0.4 is 11.1 Å². The number of carbonyl (C=O) groups is 3. The first kappa shape index (κ1) is 19.8. The zero-order valence-corrected chi connectivity index (χ0v) is 15.9. The van der Waals surface area contributed by atoms with Crippen LogP contribution in [0.3, 0.4) is 0 Å². The second-order valence-electron chi connectivity index (χ2n) is 7.15. The number of piperidine rings is 1. The van der Waals surface area contributed by atoms with Crippen molar-refractivity contribution in [2.75, 3.05) is 18.4 Å². The maximum atomic E-state index is 12.6. The SMILES string of the molecule is CC(C(=O)Nc1ccc(C(N)=O)cc1)N1CCC(C(=O)c2ccccc2)CC1. The van der Waals surface area contributed by atoms with Crippen LogP contribution in [0, 0.1) is 5.92 Å². The van der Waals surface area contributed by atoms with E-state index in [-0.39, 0.29) is 23.7 Å². The van der Waals surface area contributed by atoms with Crippen molar-refractivity contribution in [3.05, 3.63) is 65.7 Å². The maximum Gasteiger partial charge on any atom is 0.248 e. The Kier molecular flexibility index (Phi) is 6.21. The van der Waals surface area contributed by atoms with Gasteiger partial charge in [0.25, 0.3) is 0 Å². The number of nitrogens with zero attached hydrogens (tertiary/aromatic N) is 1. The highest BCUT2D eigenvalue weighted by Crippen LogP contribution is 2.23. The number of hydrogen-bond donors (Lipinski definition) is 2. The van der Waals surface area contributed by atoms with E-state index in [4.69, 9.17) is 5.73 Å². The van der Waals surface area contributed by atoms with Crippen LogP contribution in [0.2, 0.25) is 0 Å². The van der Waals surface area contributed by atoms with Crippen LogP contribution in [0.25, 0.3) is 0 Å². The third-order valence-corrected chi connectivity index (χ3v) is 5.32. The summed E-state index contributed by atoms with van der Waals surface area (Å²) < 4.78 is 0. The van der Waals surface area contributed by atoms with E-state index < -0.39 is 5.91 Å². The van der Waals surface area contributed by atoms with E-state index in [1.165, 1.54) is 0 Å². The van der Waals surface area contributed by atoms with Crippen molar-refractivity contribution in [3.8, 4) is 0 Å². The molecule has 1 saturated heterocycles. The molecule has 146 valence electrons. The number of Topliss-reactive ketones (excluding diaryl/α,β-unsaturated/α-hetero) is 1. The van der Waals surface area contributed by atoms with Gasteiger partial charge in [-0.15, -0.1) is 0 Å². The van der Waals surface area contributed by atoms with Crippen molar-refractivity contribution in [3.63, 3.8) is 0 Å². The second kappa shape index (κ2) is 8.80. The van der Waals surface area contributed by atoms with Gasteiger partial charge in [0.1, 0.15) is 0 Å². The average molecular weight is 379 g/mol. The summed E-state index contributed by atoms with van der Waals surface area (Å²) in [6.45, 7) is 3.28. The Morgan fingerprint density at radius 3 is 2.14 bits per heavy atom. The molecule has 3 N–H and O–H groups in total. The monoisotopic (exact) mass is 379 g/mol. The molecule has 1 unspecified atom stereocenters. The molecule has 0 saturated carbocycles. The first-order valence-electron chi connectivity index (χ1n) is 9.49. The minimum Gasteiger partial charge on any atom is -0.366 e. The molecule has 1 aliphatic rings. The molecule has 6 heteroatoms. The van der Waals surface area contributed by atoms with Gasteiger partial charge in [0.2, 0.25) is 11.8 Å². The molecule has 2 amide bonds. The van der Waals surface area contributed by atoms with Crippen LogP contribution in [-0.2, 0) is 4.79 Å². The summed E-state index contributed by atoms with van der Waals surface area (Å²) in [5.74, 6) is -0.416. The summed E-state index contributed by atoms with van der Waals surface area (Å²) in [4.78, 5) is 38.4. The Hall–Kier alpha value is -2.99. The summed E-state index contributed by atoms with van der Waals surface area (Å²) in [6.07, 6.45) is 1.50. The van der Waals surface area contributed by atoms with Crippen LogP contribution in [0.5, 0.6) is 0 Å². The predicted molar refractivity (Wildman–Crippen MR) is 108 cm³/mol. The minimum atomic E-state index is -0.501. The summed E-state index contributed by atoms with van der Waals surface area (Å²) in [5, 5.41) is 2.87. The molecular formula is C22H25N3O3. The molecule has 0 spiro atoms. The summed E-state index contributed by atoms with van der Waals surface area (Å²) in [7, 11) is 0. The number of amides is 2. The molecule has 2 aromatic rings. The third-order valence-electron chi connectivity index (χ3n) is 5.32. The number of benzene rings is 2. The zero-order chi connectivity index (χ0) is 20.1. The zero-order valence-electron chi connectivity index (χ0n) is 15.9. The van der Waals surface area contributed by atoms with Crippen molar-refractivity contribution in [1.29, 1.82) is 0 Å². The van der Waals surface area contributed by atoms with E-state index in [0.29, 0.717) is 24.3 Å². The number of anilines is 1. The van der Waals surface area contributed by atoms with Gasteiger partial charge in [-0.05, 0) is 57.1 Å². The van der Waals surface area contributed by atoms with E-state index in [1.807, 2.05) is 37.3 Å². The molecule has 0 radical (unpaired) electrons. The van der Waals surface area contributed by atoms with Crippen molar-refractivity contribution in [1.82, 2.24) is 4.90 Å². The highest BCUT2D eigenvalue weighted by Gasteiger charge is 2.30. The lowest BCUT2D eigenvalue weighted by Gasteiger charge is -2.34. The number of primary amides is 1. The molecule has 1 heterocycles. The second-order valence-corrected chi connectivity index (χ2v) is 7.15. The number of nitrogens with two attached hydrogens (primary N) is 1. The number of likely N-dealkylation sites (tertiary alicyclic amines) is 1. The summed E-state index contributed by atoms with van der Waals surface area (Å²) in [5.41, 5.74) is 7.00. The molecule has 1 atom stereocenters. The van der Waals surface area contributed by atoms with Crippen LogP contribution >= 0.6 is 0 Å². The maximum absolute atomic E-state index is 12.6. The lowest BCUT2D eigenvalue weighted by molar-refractivity contribution is -0.121. The Morgan fingerprint density at radius 2 is 1.57 bits per heavy atom. The molecule has 3 rings (SSSR count). The fourth-order valence-electron chi connectivity index (χ4n) is 3.52. The Balaban J connectivity index is 1.53. The van der Waals surface area contributed by atoms with E-state index in [1.54, 1.807) is 24.3 Å². The molecule has 0 bridgehead atoms. The van der Waals surface area contributed by atoms with Crippen LogP contribution in [0.4, 0.5) is 5.69 Å². The van der Waals surface area contributed by atoms with Crippen LogP contribution in [0.1, 0.15) is 40.5 Å². The fraction of sp³-hybridized carbons (Fsp3) is 0.318.